The average Bonchev–Trinajstić information content (AvgIpc) is 3.25. The van der Waals surface area contributed by atoms with Crippen molar-refractivity contribution in [3.63, 3.8) is 0 Å². The van der Waals surface area contributed by atoms with Gasteiger partial charge in [0.1, 0.15) is 4.90 Å². The van der Waals surface area contributed by atoms with Gasteiger partial charge < -0.3 is 10.1 Å². The van der Waals surface area contributed by atoms with E-state index in [0.717, 1.165) is 12.3 Å². The molecule has 142 valence electrons. The van der Waals surface area contributed by atoms with Crippen molar-refractivity contribution in [1.29, 1.82) is 0 Å². The molecule has 4 rings (SSSR count). The van der Waals surface area contributed by atoms with Crippen LogP contribution in [-0.2, 0) is 14.8 Å². The van der Waals surface area contributed by atoms with Gasteiger partial charge >= 0.3 is 0 Å². The summed E-state index contributed by atoms with van der Waals surface area (Å²) in [5.41, 5.74) is 0.337. The highest BCUT2D eigenvalue weighted by molar-refractivity contribution is 7.89. The number of nitrogens with zero attached hydrogens (tertiary/aromatic N) is 1. The zero-order valence-electron chi connectivity index (χ0n) is 14.5. The molecule has 1 N–H and O–H groups in total. The van der Waals surface area contributed by atoms with Gasteiger partial charge in [-0.25, -0.2) is 8.42 Å². The SMILES string of the molecule is O=C(N[C@@H]1C[C@@H]2CC[C@@H]1C2)c1ccc(Cl)c(S(=O)(=O)N2CCOCC2)c1. The lowest BCUT2D eigenvalue weighted by molar-refractivity contribution is 0.0730. The molecule has 2 aliphatic carbocycles. The van der Waals surface area contributed by atoms with Crippen molar-refractivity contribution in [2.24, 2.45) is 11.8 Å². The lowest BCUT2D eigenvalue weighted by Gasteiger charge is -2.26. The van der Waals surface area contributed by atoms with Gasteiger partial charge in [-0.15, -0.1) is 0 Å². The zero-order chi connectivity index (χ0) is 18.3. The van der Waals surface area contributed by atoms with E-state index in [0.29, 0.717) is 37.8 Å². The van der Waals surface area contributed by atoms with E-state index in [9.17, 15) is 13.2 Å². The normalized spacial score (nSPS) is 29.0. The maximum atomic E-state index is 12.9. The second-order valence-corrected chi connectivity index (χ2v) is 9.73. The summed E-state index contributed by atoms with van der Waals surface area (Å²) in [6.45, 7) is 1.31. The van der Waals surface area contributed by atoms with Crippen LogP contribution in [-0.4, -0.2) is 51.0 Å². The van der Waals surface area contributed by atoms with Crippen molar-refractivity contribution < 1.29 is 17.9 Å². The van der Waals surface area contributed by atoms with Gasteiger partial charge in [0.25, 0.3) is 5.91 Å². The highest BCUT2D eigenvalue weighted by Gasteiger charge is 2.40. The Morgan fingerprint density at radius 3 is 2.62 bits per heavy atom. The number of carbonyl (C=O) groups is 1. The standard InChI is InChI=1S/C18H23ClN2O4S/c19-15-4-3-14(18(22)20-16-10-12-1-2-13(16)9-12)11-17(15)26(23,24)21-5-7-25-8-6-21/h3-4,11-13,16H,1-2,5-10H2,(H,20,22)/t12-,13-,16-/m1/s1. The molecule has 26 heavy (non-hydrogen) atoms. The molecular formula is C18H23ClN2O4S. The first kappa shape index (κ1) is 18.2. The fourth-order valence-electron chi connectivity index (χ4n) is 4.44. The van der Waals surface area contributed by atoms with Gasteiger partial charge in [-0.2, -0.15) is 4.31 Å². The molecule has 1 saturated heterocycles. The zero-order valence-corrected chi connectivity index (χ0v) is 16.1. The van der Waals surface area contributed by atoms with E-state index in [1.54, 1.807) is 6.07 Å². The molecule has 1 heterocycles. The minimum Gasteiger partial charge on any atom is -0.379 e. The number of sulfonamides is 1. The Labute approximate surface area is 158 Å². The Morgan fingerprint density at radius 1 is 1.19 bits per heavy atom. The number of halogens is 1. The number of carbonyl (C=O) groups excluding carboxylic acids is 1. The van der Waals surface area contributed by atoms with E-state index in [2.05, 4.69) is 5.32 Å². The summed E-state index contributed by atoms with van der Waals surface area (Å²) in [4.78, 5) is 12.6. The lowest BCUT2D eigenvalue weighted by atomic mass is 9.95. The third-order valence-corrected chi connectivity index (χ3v) is 8.22. The minimum atomic E-state index is -3.74. The van der Waals surface area contributed by atoms with Crippen LogP contribution in [0.4, 0.5) is 0 Å². The largest absolute Gasteiger partial charge is 0.379 e. The average molecular weight is 399 g/mol. The predicted molar refractivity (Wildman–Crippen MR) is 97.7 cm³/mol. The molecule has 3 fully saturated rings. The molecule has 2 bridgehead atoms. The van der Waals surface area contributed by atoms with Crippen molar-refractivity contribution in [2.75, 3.05) is 26.3 Å². The molecule has 3 aliphatic rings. The van der Waals surface area contributed by atoms with Gasteiger partial charge in [0.15, 0.2) is 0 Å². The number of ether oxygens (including phenoxy) is 1. The number of fused-ring (bicyclic) bond motifs is 2. The minimum absolute atomic E-state index is 0.0124. The number of hydrogen-bond donors (Lipinski definition) is 1. The van der Waals surface area contributed by atoms with E-state index >= 15 is 0 Å². The molecule has 1 aromatic carbocycles. The van der Waals surface area contributed by atoms with Crippen LogP contribution in [0, 0.1) is 11.8 Å². The predicted octanol–water partition coefficient (Wildman–Crippen LogP) is 2.28. The summed E-state index contributed by atoms with van der Waals surface area (Å²) in [7, 11) is -3.74. The summed E-state index contributed by atoms with van der Waals surface area (Å²) in [6, 6.07) is 4.68. The number of benzene rings is 1. The third-order valence-electron chi connectivity index (χ3n) is 5.84. The Bertz CT molecular complexity index is 807. The van der Waals surface area contributed by atoms with Crippen LogP contribution < -0.4 is 5.32 Å². The Hall–Kier alpha value is -1.15. The summed E-state index contributed by atoms with van der Waals surface area (Å²) >= 11 is 6.16. The Morgan fingerprint density at radius 2 is 1.96 bits per heavy atom. The quantitative estimate of drug-likeness (QED) is 0.844. The molecule has 1 amide bonds. The van der Waals surface area contributed by atoms with Crippen molar-refractivity contribution in [3.8, 4) is 0 Å². The monoisotopic (exact) mass is 398 g/mol. The van der Waals surface area contributed by atoms with Crippen molar-refractivity contribution in [3.05, 3.63) is 28.8 Å². The van der Waals surface area contributed by atoms with Crippen molar-refractivity contribution in [2.45, 2.75) is 36.6 Å². The van der Waals surface area contributed by atoms with Gasteiger partial charge in [-0.3, -0.25) is 4.79 Å². The molecule has 0 aromatic heterocycles. The first-order chi connectivity index (χ1) is 12.4. The molecule has 6 nitrogen and oxygen atoms in total. The van der Waals surface area contributed by atoms with Crippen molar-refractivity contribution in [1.82, 2.24) is 9.62 Å². The summed E-state index contributed by atoms with van der Waals surface area (Å²) < 4.78 is 32.3. The number of amides is 1. The van der Waals surface area contributed by atoms with Crippen molar-refractivity contribution >= 4 is 27.5 Å². The first-order valence-corrected chi connectivity index (χ1v) is 11.0. The second-order valence-electron chi connectivity index (χ2n) is 7.42. The first-order valence-electron chi connectivity index (χ1n) is 9.13. The maximum Gasteiger partial charge on any atom is 0.251 e. The highest BCUT2D eigenvalue weighted by atomic mass is 35.5. The van der Waals surface area contributed by atoms with E-state index in [1.807, 2.05) is 0 Å². The van der Waals surface area contributed by atoms with Gasteiger partial charge in [0.2, 0.25) is 10.0 Å². The summed E-state index contributed by atoms with van der Waals surface area (Å²) in [6.07, 6.45) is 4.66. The van der Waals surface area contributed by atoms with E-state index in [1.165, 1.54) is 35.7 Å². The lowest BCUT2D eigenvalue weighted by Crippen LogP contribution is -2.41. The van der Waals surface area contributed by atoms with Crippen LogP contribution in [0.25, 0.3) is 0 Å². The maximum absolute atomic E-state index is 12.9. The molecule has 0 spiro atoms. The van der Waals surface area contributed by atoms with E-state index < -0.39 is 10.0 Å². The number of rotatable bonds is 4. The van der Waals surface area contributed by atoms with Crippen LogP contribution in [0.2, 0.25) is 5.02 Å². The molecule has 1 aromatic rings. The van der Waals surface area contributed by atoms with Gasteiger partial charge in [-0.05, 0) is 49.3 Å². The molecule has 1 aliphatic heterocycles. The number of nitrogens with one attached hydrogen (secondary N) is 1. The van der Waals surface area contributed by atoms with Gasteiger partial charge in [0.05, 0.1) is 18.2 Å². The molecule has 3 atom stereocenters. The topological polar surface area (TPSA) is 75.7 Å². The molecular weight excluding hydrogens is 376 g/mol. The summed E-state index contributed by atoms with van der Waals surface area (Å²) in [5.74, 6) is 1.07. The summed E-state index contributed by atoms with van der Waals surface area (Å²) in [5, 5.41) is 3.23. The second kappa shape index (κ2) is 7.11. The number of morpholine rings is 1. The number of hydrogen-bond acceptors (Lipinski definition) is 4. The fraction of sp³-hybridized carbons (Fsp3) is 0.611. The third kappa shape index (κ3) is 3.38. The fourth-order valence-corrected chi connectivity index (χ4v) is 6.35. The van der Waals surface area contributed by atoms with Crippen LogP contribution in [0.5, 0.6) is 0 Å². The highest BCUT2D eigenvalue weighted by Crippen LogP contribution is 2.44. The molecule has 0 unspecified atom stereocenters. The van der Waals surface area contributed by atoms with E-state index in [4.69, 9.17) is 16.3 Å². The van der Waals surface area contributed by atoms with Crippen LogP contribution in [0.15, 0.2) is 23.1 Å². The Kier molecular flexibility index (Phi) is 4.98. The van der Waals surface area contributed by atoms with E-state index in [-0.39, 0.29) is 21.9 Å². The van der Waals surface area contributed by atoms with Crippen LogP contribution in [0.3, 0.4) is 0 Å². The molecule has 8 heteroatoms. The van der Waals surface area contributed by atoms with Crippen LogP contribution >= 0.6 is 11.6 Å². The Balaban J connectivity index is 1.54. The molecule has 0 radical (unpaired) electrons. The molecule has 2 saturated carbocycles. The van der Waals surface area contributed by atoms with Gasteiger partial charge in [0, 0.05) is 24.7 Å². The van der Waals surface area contributed by atoms with Crippen LogP contribution in [0.1, 0.15) is 36.0 Å². The van der Waals surface area contributed by atoms with Gasteiger partial charge in [-0.1, -0.05) is 18.0 Å². The smallest absolute Gasteiger partial charge is 0.251 e.